The Morgan fingerprint density at radius 1 is 1.26 bits per heavy atom. The lowest BCUT2D eigenvalue weighted by atomic mass is 10.1. The van der Waals surface area contributed by atoms with Gasteiger partial charge in [0.15, 0.2) is 17.9 Å². The number of fused-ring (bicyclic) bond motifs is 1. The van der Waals surface area contributed by atoms with Crippen LogP contribution in [-0.4, -0.2) is 72.7 Å². The predicted octanol–water partition coefficient (Wildman–Crippen LogP) is -1.42. The summed E-state index contributed by atoms with van der Waals surface area (Å²) in [5, 5.41) is 23.5. The van der Waals surface area contributed by atoms with Gasteiger partial charge in [-0.25, -0.2) is 19.1 Å². The SMILES string of the molecule is Nc1ncnc2c1NCN2[C@@H]1O[C@H](COP(=O)(O)OP(=O)(O)O[P+]2(O)OO2)[C@@H](O)[C@H]1O. The van der Waals surface area contributed by atoms with E-state index in [0.29, 0.717) is 11.5 Å². The van der Waals surface area contributed by atoms with Gasteiger partial charge < -0.3 is 35.8 Å². The molecule has 0 radical (unpaired) electrons. The smallest absolute Gasteiger partial charge is 0.387 e. The van der Waals surface area contributed by atoms with E-state index in [4.69, 9.17) is 15.4 Å². The predicted molar refractivity (Wildman–Crippen MR) is 97.2 cm³/mol. The lowest BCUT2D eigenvalue weighted by Gasteiger charge is -2.26. The van der Waals surface area contributed by atoms with Crippen LogP contribution in [0.5, 0.6) is 0 Å². The number of aliphatic hydroxyl groups is 2. The second-order valence-electron chi connectivity index (χ2n) is 6.32. The first kappa shape index (κ1) is 23.1. The standard InChI is InChI=1S/C10H16N5O13P3/c11-8-5-9(13-2-12-8)15(3-14-5)10-7(17)6(16)4(24-10)1-23-29(18,19)27-30(20,21)28-31(22)25-26-31/h2,4,6-7,10,14,16-17,22H,1,3H2,(H3-,11,12,13,18,19,20,21)/p+1/t4-,6-,7-,10-/m1/s1. The summed E-state index contributed by atoms with van der Waals surface area (Å²) in [6.07, 6.45) is -4.38. The topological polar surface area (TPSA) is 264 Å². The third-order valence-corrected chi connectivity index (χ3v) is 8.40. The van der Waals surface area contributed by atoms with Crippen LogP contribution in [0.15, 0.2) is 6.33 Å². The Kier molecular flexibility index (Phi) is 6.00. The Morgan fingerprint density at radius 3 is 2.65 bits per heavy atom. The lowest BCUT2D eigenvalue weighted by Crippen LogP contribution is -2.44. The van der Waals surface area contributed by atoms with Crippen molar-refractivity contribution in [3.63, 3.8) is 0 Å². The molecule has 18 nitrogen and oxygen atoms in total. The molecule has 0 aliphatic carbocycles. The summed E-state index contributed by atoms with van der Waals surface area (Å²) < 4.78 is 49.5. The number of hydrogen-bond acceptors (Lipinski definition) is 16. The number of aliphatic hydroxyl groups excluding tert-OH is 2. The third-order valence-electron chi connectivity index (χ3n) is 4.22. The van der Waals surface area contributed by atoms with Crippen molar-refractivity contribution in [3.05, 3.63) is 6.33 Å². The van der Waals surface area contributed by atoms with E-state index in [0.717, 1.165) is 0 Å². The van der Waals surface area contributed by atoms with Gasteiger partial charge in [-0.15, -0.1) is 0 Å². The van der Waals surface area contributed by atoms with Crippen molar-refractivity contribution in [3.8, 4) is 0 Å². The van der Waals surface area contributed by atoms with Gasteiger partial charge in [-0.1, -0.05) is 0 Å². The third kappa shape index (κ3) is 4.98. The number of nitrogen functional groups attached to an aromatic ring is 1. The van der Waals surface area contributed by atoms with Crippen LogP contribution in [0, 0.1) is 0 Å². The zero-order valence-electron chi connectivity index (χ0n) is 15.1. The normalized spacial score (nSPS) is 32.7. The molecule has 0 saturated carbocycles. The highest BCUT2D eigenvalue weighted by atomic mass is 31.3. The maximum absolute atomic E-state index is 11.9. The molecule has 0 aromatic carbocycles. The Labute approximate surface area is 173 Å². The zero-order chi connectivity index (χ0) is 22.6. The van der Waals surface area contributed by atoms with Crippen molar-refractivity contribution >= 4 is 41.1 Å². The Hall–Kier alpha value is -1.07. The number of hydrogen-bond donors (Lipinski definition) is 7. The summed E-state index contributed by atoms with van der Waals surface area (Å²) in [4.78, 5) is 37.4. The maximum atomic E-state index is 11.9. The second kappa shape index (κ2) is 8.06. The molecule has 1 aromatic heterocycles. The van der Waals surface area contributed by atoms with E-state index in [1.165, 1.54) is 11.2 Å². The molecular weight excluding hydrogens is 491 g/mol. The fraction of sp³-hybridized carbons (Fsp3) is 0.600. The zero-order valence-corrected chi connectivity index (χ0v) is 17.7. The van der Waals surface area contributed by atoms with Crippen molar-refractivity contribution in [1.82, 2.24) is 9.97 Å². The molecular formula is C10H17N5O13P3+. The van der Waals surface area contributed by atoms with Gasteiger partial charge in [0.25, 0.3) is 0 Å². The number of aromatic nitrogens is 2. The van der Waals surface area contributed by atoms with Gasteiger partial charge in [-0.05, 0) is 4.31 Å². The van der Waals surface area contributed by atoms with Crippen LogP contribution in [0.4, 0.5) is 17.3 Å². The van der Waals surface area contributed by atoms with E-state index in [2.05, 4.69) is 37.8 Å². The van der Waals surface area contributed by atoms with Gasteiger partial charge in [0.2, 0.25) is 0 Å². The minimum absolute atomic E-state index is 0.100. The number of nitrogens with two attached hydrogens (primary N) is 1. The molecule has 4 heterocycles. The van der Waals surface area contributed by atoms with Gasteiger partial charge in [-0.2, -0.15) is 9.20 Å². The number of nitrogens with one attached hydrogen (secondary N) is 1. The minimum Gasteiger partial charge on any atom is -0.387 e. The molecule has 8 N–H and O–H groups in total. The molecule has 2 saturated heterocycles. The molecule has 21 heteroatoms. The number of ether oxygens (including phenoxy) is 1. The van der Waals surface area contributed by atoms with Crippen molar-refractivity contribution in [2.45, 2.75) is 24.5 Å². The number of phosphoric acid groups is 2. The number of anilines is 3. The summed E-state index contributed by atoms with van der Waals surface area (Å²) in [5.41, 5.74) is 6.14. The molecule has 2 fully saturated rings. The Bertz CT molecular complexity index is 951. The van der Waals surface area contributed by atoms with Crippen LogP contribution in [0.1, 0.15) is 0 Å². The van der Waals surface area contributed by atoms with Crippen LogP contribution in [0.3, 0.4) is 0 Å². The van der Waals surface area contributed by atoms with Crippen molar-refractivity contribution in [2.75, 3.05) is 29.2 Å². The molecule has 174 valence electrons. The molecule has 3 aliphatic heterocycles. The first-order valence-corrected chi connectivity index (χ1v) is 12.7. The monoisotopic (exact) mass is 508 g/mol. The summed E-state index contributed by atoms with van der Waals surface area (Å²) in [5.74, 6) is 0.453. The summed E-state index contributed by atoms with van der Waals surface area (Å²) in [7, 11) is -14.6. The molecule has 2 unspecified atom stereocenters. The maximum Gasteiger partial charge on any atom is 0.652 e. The number of rotatable bonds is 8. The first-order chi connectivity index (χ1) is 14.4. The van der Waals surface area contributed by atoms with Crippen molar-refractivity contribution < 1.29 is 61.3 Å². The van der Waals surface area contributed by atoms with Crippen molar-refractivity contribution in [2.24, 2.45) is 0 Å². The summed E-state index contributed by atoms with van der Waals surface area (Å²) >= 11 is 0. The largest absolute Gasteiger partial charge is 0.652 e. The van der Waals surface area contributed by atoms with Crippen LogP contribution in [0.2, 0.25) is 0 Å². The lowest BCUT2D eigenvalue weighted by molar-refractivity contribution is -0.0215. The minimum atomic E-state index is -5.32. The fourth-order valence-corrected chi connectivity index (χ4v) is 6.32. The molecule has 0 bridgehead atoms. The highest BCUT2D eigenvalue weighted by Crippen LogP contribution is 2.81. The quantitative estimate of drug-likeness (QED) is 0.121. The van der Waals surface area contributed by atoms with Crippen LogP contribution >= 0.6 is 23.8 Å². The Morgan fingerprint density at radius 2 is 1.97 bits per heavy atom. The van der Waals surface area contributed by atoms with E-state index < -0.39 is 55.0 Å². The van der Waals surface area contributed by atoms with E-state index in [-0.39, 0.29) is 12.5 Å². The Balaban J connectivity index is 1.37. The summed E-state index contributed by atoms with van der Waals surface area (Å²) in [6.45, 7) is -0.738. The van der Waals surface area contributed by atoms with E-state index in [1.54, 1.807) is 0 Å². The average Bonchev–Trinajstić information content (AvgIpc) is 3.09. The molecule has 3 aliphatic rings. The highest BCUT2D eigenvalue weighted by molar-refractivity contribution is 7.71. The molecule has 6 atom stereocenters. The molecule has 0 spiro atoms. The number of nitrogens with zero attached hydrogens (tertiary/aromatic N) is 3. The molecule has 1 aromatic rings. The van der Waals surface area contributed by atoms with Crippen LogP contribution < -0.4 is 16.0 Å². The van der Waals surface area contributed by atoms with Gasteiger partial charge >= 0.3 is 23.8 Å². The highest BCUT2D eigenvalue weighted by Gasteiger charge is 2.73. The van der Waals surface area contributed by atoms with E-state index in [1.807, 2.05) is 0 Å². The van der Waals surface area contributed by atoms with Crippen LogP contribution in [0.25, 0.3) is 0 Å². The first-order valence-electron chi connectivity index (χ1n) is 8.25. The summed E-state index contributed by atoms with van der Waals surface area (Å²) in [6, 6.07) is 0. The second-order valence-corrected chi connectivity index (χ2v) is 11.0. The fourth-order valence-electron chi connectivity index (χ4n) is 2.87. The van der Waals surface area contributed by atoms with E-state index in [9.17, 15) is 29.1 Å². The molecule has 4 rings (SSSR count). The van der Waals surface area contributed by atoms with Crippen molar-refractivity contribution in [1.29, 1.82) is 0 Å². The average molecular weight is 508 g/mol. The number of phosphoric ester groups is 1. The van der Waals surface area contributed by atoms with Gasteiger partial charge in [-0.3, -0.25) is 9.42 Å². The molecule has 31 heavy (non-hydrogen) atoms. The van der Waals surface area contributed by atoms with Crippen LogP contribution in [-0.2, 0) is 36.4 Å². The molecule has 0 amide bonds. The van der Waals surface area contributed by atoms with Gasteiger partial charge in [0.05, 0.1) is 22.6 Å². The van der Waals surface area contributed by atoms with Gasteiger partial charge in [0, 0.05) is 0 Å². The van der Waals surface area contributed by atoms with E-state index >= 15 is 0 Å². The van der Waals surface area contributed by atoms with Gasteiger partial charge in [0.1, 0.15) is 30.3 Å².